The molecule has 1 aromatic heterocycles. The van der Waals surface area contributed by atoms with Crippen molar-refractivity contribution in [2.24, 2.45) is 0 Å². The molecule has 1 amide bonds. The van der Waals surface area contributed by atoms with Crippen LogP contribution in [0, 0.1) is 6.92 Å². The Hall–Kier alpha value is -2.47. The maximum atomic E-state index is 13.2. The Kier molecular flexibility index (Phi) is 4.49. The first-order valence-corrected chi connectivity index (χ1v) is 8.05. The molecule has 1 aliphatic rings. The van der Waals surface area contributed by atoms with Gasteiger partial charge in [-0.25, -0.2) is 4.98 Å². The van der Waals surface area contributed by atoms with Crippen LogP contribution in [-0.4, -0.2) is 46.3 Å². The molecule has 3 rings (SSSR count). The SMILES string of the molecule is Cc1ccccc1[C@H](C(=O)N1CCc2c(nc[nH]c2=O)C1)N(C)C. The molecule has 0 unspecified atom stereocenters. The lowest BCUT2D eigenvalue weighted by Gasteiger charge is -2.34. The number of nitrogens with one attached hydrogen (secondary N) is 1. The molecule has 2 heterocycles. The van der Waals surface area contributed by atoms with E-state index in [4.69, 9.17) is 0 Å². The van der Waals surface area contributed by atoms with Gasteiger partial charge in [-0.05, 0) is 38.6 Å². The zero-order valence-electron chi connectivity index (χ0n) is 14.2. The maximum Gasteiger partial charge on any atom is 0.254 e. The Morgan fingerprint density at radius 3 is 2.79 bits per heavy atom. The van der Waals surface area contributed by atoms with Gasteiger partial charge in [0.05, 0.1) is 18.6 Å². The summed E-state index contributed by atoms with van der Waals surface area (Å²) >= 11 is 0. The van der Waals surface area contributed by atoms with Crippen molar-refractivity contribution in [2.75, 3.05) is 20.6 Å². The Balaban J connectivity index is 1.90. The summed E-state index contributed by atoms with van der Waals surface area (Å²) < 4.78 is 0. The smallest absolute Gasteiger partial charge is 0.254 e. The van der Waals surface area contributed by atoms with E-state index in [1.807, 2.05) is 50.2 Å². The van der Waals surface area contributed by atoms with Crippen LogP contribution in [0.2, 0.25) is 0 Å². The average molecular weight is 326 g/mol. The lowest BCUT2D eigenvalue weighted by Crippen LogP contribution is -2.44. The molecule has 6 heteroatoms. The molecule has 1 N–H and O–H groups in total. The number of rotatable bonds is 3. The van der Waals surface area contributed by atoms with E-state index in [2.05, 4.69) is 9.97 Å². The molecule has 1 aliphatic heterocycles. The Labute approximate surface area is 141 Å². The number of likely N-dealkylation sites (N-methyl/N-ethyl adjacent to an activating group) is 1. The fraction of sp³-hybridized carbons (Fsp3) is 0.389. The summed E-state index contributed by atoms with van der Waals surface area (Å²) in [6, 6.07) is 7.61. The van der Waals surface area contributed by atoms with E-state index in [0.29, 0.717) is 30.8 Å². The standard InChI is InChI=1S/C18H22N4O2/c1-12-6-4-5-7-13(12)16(21(2)3)18(24)22-9-8-14-15(10-22)19-11-20-17(14)23/h4-7,11,16H,8-10H2,1-3H3,(H,19,20,23)/t16-/m1/s1. The number of benzene rings is 1. The molecule has 1 atom stereocenters. The Morgan fingerprint density at radius 1 is 1.33 bits per heavy atom. The number of carbonyl (C=O) groups excluding carboxylic acids is 1. The maximum absolute atomic E-state index is 13.2. The number of aryl methyl sites for hydroxylation is 1. The van der Waals surface area contributed by atoms with Crippen molar-refractivity contribution in [3.63, 3.8) is 0 Å². The number of aromatic nitrogens is 2. The quantitative estimate of drug-likeness (QED) is 0.922. The summed E-state index contributed by atoms with van der Waals surface area (Å²) in [6.45, 7) is 2.94. The first-order chi connectivity index (χ1) is 11.5. The molecule has 0 saturated heterocycles. The van der Waals surface area contributed by atoms with E-state index in [1.165, 1.54) is 6.33 Å². The van der Waals surface area contributed by atoms with Crippen LogP contribution in [-0.2, 0) is 17.8 Å². The fourth-order valence-corrected chi connectivity index (χ4v) is 3.25. The summed E-state index contributed by atoms with van der Waals surface area (Å²) in [5.74, 6) is 0.0435. The number of amides is 1. The van der Waals surface area contributed by atoms with Gasteiger partial charge in [-0.3, -0.25) is 14.5 Å². The van der Waals surface area contributed by atoms with Crippen LogP contribution in [0.3, 0.4) is 0 Å². The van der Waals surface area contributed by atoms with Crippen LogP contribution >= 0.6 is 0 Å². The predicted molar refractivity (Wildman–Crippen MR) is 91.6 cm³/mol. The van der Waals surface area contributed by atoms with E-state index in [0.717, 1.165) is 11.1 Å². The van der Waals surface area contributed by atoms with Crippen LogP contribution in [0.25, 0.3) is 0 Å². The zero-order valence-corrected chi connectivity index (χ0v) is 14.2. The van der Waals surface area contributed by atoms with Crippen molar-refractivity contribution in [1.29, 1.82) is 0 Å². The van der Waals surface area contributed by atoms with E-state index in [-0.39, 0.29) is 17.5 Å². The summed E-state index contributed by atoms with van der Waals surface area (Å²) in [6.07, 6.45) is 1.94. The minimum atomic E-state index is -0.338. The fourth-order valence-electron chi connectivity index (χ4n) is 3.25. The molecule has 0 aliphatic carbocycles. The van der Waals surface area contributed by atoms with Gasteiger partial charge in [-0.2, -0.15) is 0 Å². The molecule has 0 bridgehead atoms. The second kappa shape index (κ2) is 6.57. The number of aromatic amines is 1. The number of hydrogen-bond donors (Lipinski definition) is 1. The van der Waals surface area contributed by atoms with Gasteiger partial charge in [0.25, 0.3) is 5.56 Å². The van der Waals surface area contributed by atoms with Crippen LogP contribution in [0.1, 0.15) is 28.4 Å². The van der Waals surface area contributed by atoms with E-state index in [1.54, 1.807) is 4.90 Å². The van der Waals surface area contributed by atoms with E-state index < -0.39 is 0 Å². The third-order valence-electron chi connectivity index (χ3n) is 4.56. The first kappa shape index (κ1) is 16.4. The normalized spacial score (nSPS) is 15.2. The van der Waals surface area contributed by atoms with Crippen molar-refractivity contribution < 1.29 is 4.79 Å². The lowest BCUT2D eigenvalue weighted by atomic mass is 9.98. The molecule has 0 spiro atoms. The van der Waals surface area contributed by atoms with Crippen LogP contribution in [0.15, 0.2) is 35.4 Å². The van der Waals surface area contributed by atoms with Crippen molar-refractivity contribution in [3.8, 4) is 0 Å². The van der Waals surface area contributed by atoms with Gasteiger partial charge < -0.3 is 9.88 Å². The molecule has 126 valence electrons. The van der Waals surface area contributed by atoms with E-state index in [9.17, 15) is 9.59 Å². The highest BCUT2D eigenvalue weighted by Gasteiger charge is 2.31. The van der Waals surface area contributed by atoms with Crippen molar-refractivity contribution in [3.05, 3.63) is 63.3 Å². The molecular formula is C18H22N4O2. The topological polar surface area (TPSA) is 69.3 Å². The number of nitrogens with zero attached hydrogens (tertiary/aromatic N) is 3. The molecule has 6 nitrogen and oxygen atoms in total. The highest BCUT2D eigenvalue weighted by Crippen LogP contribution is 2.26. The molecule has 1 aromatic carbocycles. The highest BCUT2D eigenvalue weighted by atomic mass is 16.2. The van der Waals surface area contributed by atoms with Gasteiger partial charge in [0.1, 0.15) is 6.04 Å². The zero-order chi connectivity index (χ0) is 17.3. The number of carbonyl (C=O) groups is 1. The third kappa shape index (κ3) is 2.97. The summed E-state index contributed by atoms with van der Waals surface area (Å²) in [4.78, 5) is 35.6. The summed E-state index contributed by atoms with van der Waals surface area (Å²) in [7, 11) is 3.83. The van der Waals surface area contributed by atoms with Gasteiger partial charge in [0, 0.05) is 12.1 Å². The molecule has 0 fully saturated rings. The number of hydrogen-bond acceptors (Lipinski definition) is 4. The van der Waals surface area contributed by atoms with Crippen molar-refractivity contribution in [1.82, 2.24) is 19.8 Å². The number of fused-ring (bicyclic) bond motifs is 1. The third-order valence-corrected chi connectivity index (χ3v) is 4.56. The van der Waals surface area contributed by atoms with Crippen LogP contribution in [0.5, 0.6) is 0 Å². The molecule has 0 saturated carbocycles. The minimum Gasteiger partial charge on any atom is -0.335 e. The summed E-state index contributed by atoms with van der Waals surface area (Å²) in [5, 5.41) is 0. The second-order valence-corrected chi connectivity index (χ2v) is 6.39. The van der Waals surface area contributed by atoms with Gasteiger partial charge in [-0.15, -0.1) is 0 Å². The summed E-state index contributed by atoms with van der Waals surface area (Å²) in [5.41, 5.74) is 3.39. The monoisotopic (exact) mass is 326 g/mol. The van der Waals surface area contributed by atoms with E-state index >= 15 is 0 Å². The average Bonchev–Trinajstić information content (AvgIpc) is 2.56. The predicted octanol–water partition coefficient (Wildman–Crippen LogP) is 1.27. The minimum absolute atomic E-state index is 0.0435. The van der Waals surface area contributed by atoms with Gasteiger partial charge in [0.15, 0.2) is 0 Å². The van der Waals surface area contributed by atoms with Crippen LogP contribution in [0.4, 0.5) is 0 Å². The lowest BCUT2D eigenvalue weighted by molar-refractivity contribution is -0.137. The highest BCUT2D eigenvalue weighted by molar-refractivity contribution is 5.84. The molecule has 24 heavy (non-hydrogen) atoms. The first-order valence-electron chi connectivity index (χ1n) is 8.05. The molecule has 0 radical (unpaired) electrons. The molecule has 2 aromatic rings. The second-order valence-electron chi connectivity index (χ2n) is 6.39. The van der Waals surface area contributed by atoms with Crippen molar-refractivity contribution in [2.45, 2.75) is 25.9 Å². The Bertz CT molecular complexity index is 813. The van der Waals surface area contributed by atoms with Crippen molar-refractivity contribution >= 4 is 5.91 Å². The van der Waals surface area contributed by atoms with Crippen LogP contribution < -0.4 is 5.56 Å². The Morgan fingerprint density at radius 2 is 2.08 bits per heavy atom. The largest absolute Gasteiger partial charge is 0.335 e. The molecular weight excluding hydrogens is 304 g/mol. The number of H-pyrrole nitrogens is 1. The van der Waals surface area contributed by atoms with Gasteiger partial charge in [-0.1, -0.05) is 24.3 Å². The van der Waals surface area contributed by atoms with Gasteiger partial charge in [0.2, 0.25) is 5.91 Å². The van der Waals surface area contributed by atoms with Gasteiger partial charge >= 0.3 is 0 Å².